The van der Waals surface area contributed by atoms with E-state index in [4.69, 9.17) is 19.4 Å². The fourth-order valence-electron chi connectivity index (χ4n) is 5.94. The van der Waals surface area contributed by atoms with E-state index < -0.39 is 5.97 Å². The number of nitrogens with zero attached hydrogens (tertiary/aromatic N) is 4. The number of aromatic nitrogens is 4. The third-order valence-electron chi connectivity index (χ3n) is 7.91. The van der Waals surface area contributed by atoms with Gasteiger partial charge in [-0.2, -0.15) is 0 Å². The quantitative estimate of drug-likeness (QED) is 0.247. The Labute approximate surface area is 205 Å². The van der Waals surface area contributed by atoms with Gasteiger partial charge in [0.2, 0.25) is 0 Å². The first-order valence-electron chi connectivity index (χ1n) is 11.8. The van der Waals surface area contributed by atoms with E-state index in [-0.39, 0.29) is 5.54 Å². The molecule has 3 heterocycles. The second-order valence-electron chi connectivity index (χ2n) is 10.1. The lowest BCUT2D eigenvalue weighted by molar-refractivity contribution is -0.0848. The molecule has 8 rings (SSSR count). The maximum atomic E-state index is 12.4. The highest BCUT2D eigenvalue weighted by Gasteiger charge is 2.59. The summed E-state index contributed by atoms with van der Waals surface area (Å²) < 4.78 is 16.4. The highest BCUT2D eigenvalue weighted by Crippen LogP contribution is 2.64. The smallest absolute Gasteiger partial charge is 0.338 e. The predicted octanol–water partition coefficient (Wildman–Crippen LogP) is 5.53. The summed E-state index contributed by atoms with van der Waals surface area (Å²) in [4.78, 5) is 22.4. The van der Waals surface area contributed by atoms with Crippen LogP contribution in [0.2, 0.25) is 0 Å². The van der Waals surface area contributed by atoms with Crippen molar-refractivity contribution in [3.63, 3.8) is 0 Å². The second kappa shape index (κ2) is 7.07. The molecule has 8 heteroatoms. The van der Waals surface area contributed by atoms with Gasteiger partial charge in [0.05, 0.1) is 31.0 Å². The molecule has 0 saturated heterocycles. The summed E-state index contributed by atoms with van der Waals surface area (Å²) in [6.45, 7) is 0.936. The highest BCUT2D eigenvalue weighted by molar-refractivity contribution is 9.10. The highest BCUT2D eigenvalue weighted by atomic mass is 79.9. The van der Waals surface area contributed by atoms with Crippen LogP contribution >= 0.6 is 15.9 Å². The van der Waals surface area contributed by atoms with Gasteiger partial charge in [0.25, 0.3) is 0 Å². The molecule has 4 aliphatic carbocycles. The maximum absolute atomic E-state index is 12.4. The Kier molecular flexibility index (Phi) is 4.26. The molecule has 1 aromatic carbocycles. The molecule has 34 heavy (non-hydrogen) atoms. The third-order valence-corrected chi connectivity index (χ3v) is 8.36. The molecule has 3 aromatic heterocycles. The van der Waals surface area contributed by atoms with E-state index in [1.807, 2.05) is 12.1 Å². The Morgan fingerprint density at radius 1 is 1.15 bits per heavy atom. The van der Waals surface area contributed by atoms with Gasteiger partial charge in [-0.15, -0.1) is 0 Å². The van der Waals surface area contributed by atoms with Crippen molar-refractivity contribution in [1.82, 2.24) is 19.1 Å². The van der Waals surface area contributed by atoms with Gasteiger partial charge in [-0.05, 0) is 90.2 Å². The van der Waals surface area contributed by atoms with Crippen LogP contribution in [0.15, 0.2) is 34.9 Å². The molecule has 0 unspecified atom stereocenters. The number of ether oxygens (including phenoxy) is 2. The fourth-order valence-corrected chi connectivity index (χ4v) is 6.24. The van der Waals surface area contributed by atoms with Crippen molar-refractivity contribution in [3.8, 4) is 17.3 Å². The maximum Gasteiger partial charge on any atom is 0.338 e. The molecular formula is C26H25BrN4O3. The number of carbonyl (C=O) groups is 1. The molecule has 0 radical (unpaired) electrons. The topological polar surface area (TPSA) is 71.2 Å². The normalized spacial score (nSPS) is 23.1. The van der Waals surface area contributed by atoms with Crippen LogP contribution in [0.1, 0.15) is 42.5 Å². The molecule has 0 spiro atoms. The second-order valence-corrected chi connectivity index (χ2v) is 11.0. The van der Waals surface area contributed by atoms with Gasteiger partial charge >= 0.3 is 5.97 Å². The van der Waals surface area contributed by atoms with E-state index in [9.17, 15) is 4.79 Å². The van der Waals surface area contributed by atoms with E-state index in [2.05, 4.69) is 37.2 Å². The van der Waals surface area contributed by atoms with E-state index in [0.29, 0.717) is 17.2 Å². The van der Waals surface area contributed by atoms with Crippen LogP contribution < -0.4 is 4.74 Å². The van der Waals surface area contributed by atoms with Crippen LogP contribution in [-0.4, -0.2) is 39.3 Å². The van der Waals surface area contributed by atoms with Crippen LogP contribution in [0, 0.1) is 11.8 Å². The number of rotatable bonds is 6. The number of hydrogen-bond acceptors (Lipinski definition) is 5. The average Bonchev–Trinajstić information content (AvgIpc) is 3.43. The lowest BCUT2D eigenvalue weighted by Crippen LogP contribution is -2.59. The van der Waals surface area contributed by atoms with Crippen molar-refractivity contribution in [2.75, 3.05) is 14.2 Å². The van der Waals surface area contributed by atoms with Crippen molar-refractivity contribution >= 4 is 44.0 Å². The first-order valence-corrected chi connectivity index (χ1v) is 12.6. The van der Waals surface area contributed by atoms with Crippen LogP contribution in [0.3, 0.4) is 0 Å². The zero-order valence-electron chi connectivity index (χ0n) is 19.2. The number of carbonyl (C=O) groups excluding carboxylic acids is 1. The van der Waals surface area contributed by atoms with Gasteiger partial charge in [0.15, 0.2) is 5.82 Å². The number of methoxy groups -OCH3 is 2. The molecule has 174 valence electrons. The molecule has 0 aliphatic heterocycles. The van der Waals surface area contributed by atoms with Crippen molar-refractivity contribution in [2.24, 2.45) is 11.8 Å². The monoisotopic (exact) mass is 520 g/mol. The molecule has 4 aliphatic rings. The fraction of sp³-hybridized carbons (Fsp3) is 0.423. The van der Waals surface area contributed by atoms with Crippen LogP contribution in [0.25, 0.3) is 33.6 Å². The average molecular weight is 521 g/mol. The third kappa shape index (κ3) is 2.84. The zero-order chi connectivity index (χ0) is 23.2. The Morgan fingerprint density at radius 3 is 2.59 bits per heavy atom. The number of benzene rings is 1. The van der Waals surface area contributed by atoms with Crippen LogP contribution in [-0.2, 0) is 16.8 Å². The SMILES string of the molecule is COC(=O)c1cc(OC)c2c(c1)nc(-c1cc3ccc(Br)nc3n1CC1CC1)n2C12CC(C1)C2. The lowest BCUT2D eigenvalue weighted by atomic mass is 9.49. The molecule has 4 aromatic rings. The standard InChI is InChI=1S/C26H25BrN4O3/c1-33-20-9-17(25(32)34-2)7-18-22(20)31(26-10-15(11-26)12-26)24(28-18)19-8-16-5-6-21(27)29-23(16)30(19)13-14-3-4-14/h5-9,14-15H,3-4,10-13H2,1-2H3. The molecule has 0 atom stereocenters. The summed E-state index contributed by atoms with van der Waals surface area (Å²) in [6, 6.07) is 9.93. The molecular weight excluding hydrogens is 496 g/mol. The summed E-state index contributed by atoms with van der Waals surface area (Å²) in [5.74, 6) is 2.69. The van der Waals surface area contributed by atoms with Gasteiger partial charge in [-0.1, -0.05) is 0 Å². The molecule has 7 nitrogen and oxygen atoms in total. The molecule has 4 saturated carbocycles. The first kappa shape index (κ1) is 20.5. The van der Waals surface area contributed by atoms with Crippen LogP contribution in [0.5, 0.6) is 5.75 Å². The van der Waals surface area contributed by atoms with Gasteiger partial charge in [-0.25, -0.2) is 14.8 Å². The lowest BCUT2D eigenvalue weighted by Gasteiger charge is -2.62. The Balaban J connectivity index is 1.53. The minimum absolute atomic E-state index is 0.0731. The minimum atomic E-state index is -0.390. The summed E-state index contributed by atoms with van der Waals surface area (Å²) in [6.07, 6.45) is 6.01. The zero-order valence-corrected chi connectivity index (χ0v) is 20.8. The minimum Gasteiger partial charge on any atom is -0.494 e. The van der Waals surface area contributed by atoms with Gasteiger partial charge < -0.3 is 18.6 Å². The molecule has 4 fully saturated rings. The van der Waals surface area contributed by atoms with Gasteiger partial charge in [0.1, 0.15) is 21.5 Å². The number of fused-ring (bicyclic) bond motifs is 2. The molecule has 0 amide bonds. The van der Waals surface area contributed by atoms with Crippen LogP contribution in [0.4, 0.5) is 0 Å². The van der Waals surface area contributed by atoms with E-state index in [1.54, 1.807) is 13.2 Å². The molecule has 2 bridgehead atoms. The number of hydrogen-bond donors (Lipinski definition) is 0. The number of esters is 1. The summed E-state index contributed by atoms with van der Waals surface area (Å²) in [5, 5.41) is 1.11. The van der Waals surface area contributed by atoms with Crippen molar-refractivity contribution < 1.29 is 14.3 Å². The Morgan fingerprint density at radius 2 is 1.94 bits per heavy atom. The first-order chi connectivity index (χ1) is 16.5. The van der Waals surface area contributed by atoms with Gasteiger partial charge in [0, 0.05) is 17.5 Å². The van der Waals surface area contributed by atoms with Crippen molar-refractivity contribution in [3.05, 3.63) is 40.5 Å². The Hall–Kier alpha value is -2.87. The number of halogens is 1. The summed E-state index contributed by atoms with van der Waals surface area (Å²) >= 11 is 3.56. The van der Waals surface area contributed by atoms with E-state index in [0.717, 1.165) is 50.7 Å². The number of imidazole rings is 1. The summed E-state index contributed by atoms with van der Waals surface area (Å²) in [5.41, 5.74) is 4.30. The summed E-state index contributed by atoms with van der Waals surface area (Å²) in [7, 11) is 3.05. The largest absolute Gasteiger partial charge is 0.494 e. The van der Waals surface area contributed by atoms with E-state index in [1.165, 1.54) is 39.2 Å². The number of pyridine rings is 1. The van der Waals surface area contributed by atoms with E-state index >= 15 is 0 Å². The Bertz CT molecular complexity index is 1480. The van der Waals surface area contributed by atoms with Crippen molar-refractivity contribution in [2.45, 2.75) is 44.2 Å². The molecule has 0 N–H and O–H groups in total. The van der Waals surface area contributed by atoms with Crippen molar-refractivity contribution in [1.29, 1.82) is 0 Å². The van der Waals surface area contributed by atoms with Gasteiger partial charge in [-0.3, -0.25) is 0 Å². The predicted molar refractivity (Wildman–Crippen MR) is 132 cm³/mol.